The maximum absolute atomic E-state index is 12.7. The van der Waals surface area contributed by atoms with Crippen LogP contribution in [0.25, 0.3) is 0 Å². The Morgan fingerprint density at radius 2 is 2.19 bits per heavy atom. The van der Waals surface area contributed by atoms with Gasteiger partial charge < -0.3 is 10.0 Å². The molecule has 0 heterocycles. The summed E-state index contributed by atoms with van der Waals surface area (Å²) in [7, 11) is 0. The Kier molecular flexibility index (Phi) is 5.41. The van der Waals surface area contributed by atoms with E-state index >= 15 is 0 Å². The van der Waals surface area contributed by atoms with E-state index in [0.717, 1.165) is 43.4 Å². The van der Waals surface area contributed by atoms with Gasteiger partial charge in [0, 0.05) is 23.7 Å². The number of aliphatic hydroxyl groups is 1. The third kappa shape index (κ3) is 4.09. The highest BCUT2D eigenvalue weighted by molar-refractivity contribution is 5.95. The molecule has 21 heavy (non-hydrogen) atoms. The highest BCUT2D eigenvalue weighted by Crippen LogP contribution is 2.29. The molecule has 112 valence electrons. The molecule has 0 aromatic heterocycles. The molecule has 1 aliphatic rings. The van der Waals surface area contributed by atoms with E-state index in [-0.39, 0.29) is 12.5 Å². The summed E-state index contributed by atoms with van der Waals surface area (Å²) >= 11 is 0. The Hall–Kier alpha value is -1.79. The lowest BCUT2D eigenvalue weighted by atomic mass is 10.0. The van der Waals surface area contributed by atoms with Gasteiger partial charge in [-0.15, -0.1) is 0 Å². The first-order valence-corrected chi connectivity index (χ1v) is 7.68. The zero-order valence-electron chi connectivity index (χ0n) is 12.9. The minimum atomic E-state index is -0.164. The first-order valence-electron chi connectivity index (χ1n) is 7.68. The number of unbranched alkanes of at least 4 members (excludes halogenated alkanes) is 1. The first kappa shape index (κ1) is 15.6. The van der Waals surface area contributed by atoms with Crippen LogP contribution in [0.4, 0.5) is 0 Å². The van der Waals surface area contributed by atoms with Gasteiger partial charge in [-0.1, -0.05) is 31.3 Å². The van der Waals surface area contributed by atoms with Gasteiger partial charge in [0.15, 0.2) is 0 Å². The lowest BCUT2D eigenvalue weighted by Gasteiger charge is -2.22. The van der Waals surface area contributed by atoms with Gasteiger partial charge in [0.25, 0.3) is 5.91 Å². The van der Waals surface area contributed by atoms with Crippen molar-refractivity contribution >= 4 is 5.91 Å². The summed E-state index contributed by atoms with van der Waals surface area (Å²) in [6, 6.07) is 6.09. The molecule has 0 bridgehead atoms. The molecule has 1 amide bonds. The van der Waals surface area contributed by atoms with Crippen molar-refractivity contribution in [3.63, 3.8) is 0 Å². The second-order valence-electron chi connectivity index (χ2n) is 5.57. The quantitative estimate of drug-likeness (QED) is 0.845. The summed E-state index contributed by atoms with van der Waals surface area (Å²) in [5, 5.41) is 8.81. The molecule has 1 saturated carbocycles. The minimum Gasteiger partial charge on any atom is -0.384 e. The maximum atomic E-state index is 12.7. The predicted molar refractivity (Wildman–Crippen MR) is 84.1 cm³/mol. The average Bonchev–Trinajstić information content (AvgIpc) is 3.31. The van der Waals surface area contributed by atoms with E-state index in [4.69, 9.17) is 5.11 Å². The molecule has 3 heteroatoms. The van der Waals surface area contributed by atoms with Crippen molar-refractivity contribution in [2.75, 3.05) is 13.2 Å². The molecule has 1 N–H and O–H groups in total. The van der Waals surface area contributed by atoms with Gasteiger partial charge in [0.2, 0.25) is 0 Å². The van der Waals surface area contributed by atoms with E-state index in [1.807, 2.05) is 30.0 Å². The summed E-state index contributed by atoms with van der Waals surface area (Å²) in [6.07, 6.45) is 4.39. The van der Waals surface area contributed by atoms with Crippen molar-refractivity contribution in [3.8, 4) is 11.8 Å². The Morgan fingerprint density at radius 3 is 2.81 bits per heavy atom. The minimum absolute atomic E-state index is 0.109. The number of nitrogens with zero attached hydrogens (tertiary/aromatic N) is 1. The van der Waals surface area contributed by atoms with Crippen molar-refractivity contribution in [3.05, 3.63) is 34.9 Å². The highest BCUT2D eigenvalue weighted by atomic mass is 16.2. The lowest BCUT2D eigenvalue weighted by molar-refractivity contribution is 0.0740. The molecular weight excluding hydrogens is 262 g/mol. The molecule has 1 fully saturated rings. The van der Waals surface area contributed by atoms with Crippen LogP contribution < -0.4 is 0 Å². The van der Waals surface area contributed by atoms with Gasteiger partial charge in [-0.2, -0.15) is 0 Å². The Labute approximate surface area is 127 Å². The van der Waals surface area contributed by atoms with Gasteiger partial charge in [-0.05, 0) is 43.9 Å². The van der Waals surface area contributed by atoms with Crippen molar-refractivity contribution in [2.24, 2.45) is 0 Å². The van der Waals surface area contributed by atoms with Crippen molar-refractivity contribution in [1.82, 2.24) is 4.90 Å². The van der Waals surface area contributed by atoms with Crippen LogP contribution in [0.2, 0.25) is 0 Å². The van der Waals surface area contributed by atoms with Crippen LogP contribution in [-0.2, 0) is 0 Å². The highest BCUT2D eigenvalue weighted by Gasteiger charge is 2.32. The van der Waals surface area contributed by atoms with E-state index < -0.39 is 0 Å². The van der Waals surface area contributed by atoms with Crippen molar-refractivity contribution in [2.45, 2.75) is 45.6 Å². The predicted octanol–water partition coefficient (Wildman–Crippen LogP) is 2.74. The van der Waals surface area contributed by atoms with Gasteiger partial charge >= 0.3 is 0 Å². The van der Waals surface area contributed by atoms with Crippen LogP contribution in [0.1, 0.15) is 54.1 Å². The smallest absolute Gasteiger partial charge is 0.254 e. The molecule has 0 saturated heterocycles. The number of hydrogen-bond donors (Lipinski definition) is 1. The summed E-state index contributed by atoms with van der Waals surface area (Å²) in [4.78, 5) is 14.7. The largest absolute Gasteiger partial charge is 0.384 e. The number of carbonyl (C=O) groups excluding carboxylic acids is 1. The number of hydrogen-bond acceptors (Lipinski definition) is 2. The standard InChI is InChI=1S/C18H23NO2/c1-3-4-11-19(17-9-10-17)18(21)16-8-7-14(2)15(13-16)6-5-12-20/h7-8,13,17,20H,3-4,9-12H2,1-2H3. The fraction of sp³-hybridized carbons (Fsp3) is 0.500. The molecule has 0 spiro atoms. The SMILES string of the molecule is CCCCN(C(=O)c1ccc(C)c(C#CCO)c1)C1CC1. The van der Waals surface area contributed by atoms with Crippen LogP contribution in [0.3, 0.4) is 0 Å². The topological polar surface area (TPSA) is 40.5 Å². The van der Waals surface area contributed by atoms with Crippen LogP contribution >= 0.6 is 0 Å². The molecule has 1 aliphatic carbocycles. The molecule has 1 aromatic carbocycles. The number of aryl methyl sites for hydroxylation is 1. The van der Waals surface area contributed by atoms with Crippen molar-refractivity contribution in [1.29, 1.82) is 0 Å². The summed E-state index contributed by atoms with van der Waals surface area (Å²) in [5.41, 5.74) is 2.55. The molecule has 3 nitrogen and oxygen atoms in total. The lowest BCUT2D eigenvalue weighted by Crippen LogP contribution is -2.34. The van der Waals surface area contributed by atoms with Crippen LogP contribution in [-0.4, -0.2) is 35.1 Å². The second-order valence-corrected chi connectivity index (χ2v) is 5.57. The van der Waals surface area contributed by atoms with Crippen molar-refractivity contribution < 1.29 is 9.90 Å². The summed E-state index contributed by atoms with van der Waals surface area (Å²) < 4.78 is 0. The average molecular weight is 285 g/mol. The van der Waals surface area contributed by atoms with Crippen LogP contribution in [0.5, 0.6) is 0 Å². The van der Waals surface area contributed by atoms with E-state index in [1.165, 1.54) is 0 Å². The fourth-order valence-electron chi connectivity index (χ4n) is 2.35. The molecular formula is C18H23NO2. The third-order valence-corrected chi connectivity index (χ3v) is 3.79. The number of rotatable bonds is 5. The molecule has 0 atom stereocenters. The molecule has 0 unspecified atom stereocenters. The number of benzene rings is 1. The first-order chi connectivity index (χ1) is 10.2. The van der Waals surface area contributed by atoms with E-state index in [2.05, 4.69) is 18.8 Å². The summed E-state index contributed by atoms with van der Waals surface area (Å²) in [6.45, 7) is 4.78. The molecule has 1 aromatic rings. The Balaban J connectivity index is 2.20. The number of aliphatic hydroxyl groups excluding tert-OH is 1. The monoisotopic (exact) mass is 285 g/mol. The fourth-order valence-corrected chi connectivity index (χ4v) is 2.35. The van der Waals surface area contributed by atoms with E-state index in [9.17, 15) is 4.79 Å². The number of carbonyl (C=O) groups is 1. The zero-order valence-corrected chi connectivity index (χ0v) is 12.9. The zero-order chi connectivity index (χ0) is 15.2. The van der Waals surface area contributed by atoms with Gasteiger partial charge in [-0.25, -0.2) is 0 Å². The Morgan fingerprint density at radius 1 is 1.43 bits per heavy atom. The Bertz CT molecular complexity index is 564. The van der Waals surface area contributed by atoms with Gasteiger partial charge in [-0.3, -0.25) is 4.79 Å². The molecule has 0 aliphatic heterocycles. The van der Waals surface area contributed by atoms with Crippen LogP contribution in [0, 0.1) is 18.8 Å². The van der Waals surface area contributed by atoms with E-state index in [1.54, 1.807) is 0 Å². The normalized spacial score (nSPS) is 13.5. The van der Waals surface area contributed by atoms with Crippen LogP contribution in [0.15, 0.2) is 18.2 Å². The number of amides is 1. The van der Waals surface area contributed by atoms with E-state index in [0.29, 0.717) is 11.6 Å². The maximum Gasteiger partial charge on any atom is 0.254 e. The molecule has 2 rings (SSSR count). The summed E-state index contributed by atoms with van der Waals surface area (Å²) in [5.74, 6) is 5.67. The molecule has 0 radical (unpaired) electrons. The van der Waals surface area contributed by atoms with Gasteiger partial charge in [0.05, 0.1) is 0 Å². The second kappa shape index (κ2) is 7.28. The third-order valence-electron chi connectivity index (χ3n) is 3.79. The van der Waals surface area contributed by atoms with Gasteiger partial charge in [0.1, 0.15) is 6.61 Å².